The molecule has 0 aromatic heterocycles. The Labute approximate surface area is 344 Å². The molecule has 296 valence electrons. The number of fused-ring (bicyclic) bond motifs is 9. The van der Waals surface area contributed by atoms with Crippen molar-refractivity contribution in [2.24, 2.45) is 52.8 Å². The van der Waals surface area contributed by atoms with Gasteiger partial charge in [0.2, 0.25) is 0 Å². The summed E-state index contributed by atoms with van der Waals surface area (Å²) in [5.74, 6) is 5.15. The van der Waals surface area contributed by atoms with E-state index in [1.807, 2.05) is 5.57 Å². The highest BCUT2D eigenvalue weighted by Crippen LogP contribution is 2.74. The van der Waals surface area contributed by atoms with Gasteiger partial charge in [0.15, 0.2) is 0 Å². The summed E-state index contributed by atoms with van der Waals surface area (Å²) in [5.41, 5.74) is 9.94. The predicted octanol–water partition coefficient (Wildman–Crippen LogP) is 13.7. The Hall–Kier alpha value is -3.78. The van der Waals surface area contributed by atoms with Gasteiger partial charge in [-0.3, -0.25) is 0 Å². The minimum absolute atomic E-state index is 0.234. The highest BCUT2D eigenvalue weighted by atomic mass is 15.2. The van der Waals surface area contributed by atoms with Crippen molar-refractivity contribution in [1.29, 1.82) is 0 Å². The first-order valence-electron chi connectivity index (χ1n) is 23.8. The Morgan fingerprint density at radius 2 is 1.25 bits per heavy atom. The number of hydrogen-bond donors (Lipinski definition) is 0. The van der Waals surface area contributed by atoms with Gasteiger partial charge in [-0.2, -0.15) is 0 Å². The molecule has 11 atom stereocenters. The van der Waals surface area contributed by atoms with Crippen molar-refractivity contribution in [3.05, 3.63) is 155 Å². The molecule has 0 amide bonds. The smallest absolute Gasteiger partial charge is 0.0415 e. The first-order chi connectivity index (χ1) is 28.3. The van der Waals surface area contributed by atoms with Crippen molar-refractivity contribution in [3.8, 4) is 0 Å². The van der Waals surface area contributed by atoms with E-state index in [0.29, 0.717) is 47.6 Å². The van der Waals surface area contributed by atoms with Crippen LogP contribution in [0.4, 0.5) is 0 Å². The van der Waals surface area contributed by atoms with Crippen LogP contribution >= 0.6 is 0 Å². The van der Waals surface area contributed by atoms with Gasteiger partial charge in [-0.1, -0.05) is 109 Å². The molecule has 0 saturated heterocycles. The van der Waals surface area contributed by atoms with E-state index in [4.69, 9.17) is 0 Å². The molecule has 11 aliphatic rings. The number of rotatable bonds is 7. The Bertz CT molecular complexity index is 1960. The lowest BCUT2D eigenvalue weighted by Gasteiger charge is -2.54. The fraction of sp³-hybridized carbons (Fsp3) is 0.527. The molecule has 1 spiro atoms. The quantitative estimate of drug-likeness (QED) is 0.239. The van der Waals surface area contributed by atoms with E-state index in [9.17, 15) is 0 Å². The third-order valence-corrected chi connectivity index (χ3v) is 17.0. The van der Waals surface area contributed by atoms with E-state index in [-0.39, 0.29) is 5.41 Å². The molecule has 0 aromatic carbocycles. The summed E-state index contributed by atoms with van der Waals surface area (Å²) in [5, 5.41) is 0. The van der Waals surface area contributed by atoms with Crippen molar-refractivity contribution in [3.63, 3.8) is 0 Å². The fourth-order valence-electron chi connectivity index (χ4n) is 15.1. The molecular formula is C55H66N2. The zero-order valence-corrected chi connectivity index (χ0v) is 34.4. The second-order valence-electron chi connectivity index (χ2n) is 19.5. The van der Waals surface area contributed by atoms with E-state index in [2.05, 4.69) is 131 Å². The van der Waals surface area contributed by atoms with Crippen LogP contribution in [0.15, 0.2) is 155 Å². The molecule has 0 heterocycles. The number of allylic oxidation sites excluding steroid dienone is 24. The summed E-state index contributed by atoms with van der Waals surface area (Å²) in [7, 11) is 0. The molecule has 0 aromatic rings. The zero-order valence-electron chi connectivity index (χ0n) is 34.4. The van der Waals surface area contributed by atoms with Crippen LogP contribution in [0.5, 0.6) is 0 Å². The Morgan fingerprint density at radius 1 is 0.526 bits per heavy atom. The van der Waals surface area contributed by atoms with Crippen LogP contribution < -0.4 is 0 Å². The topological polar surface area (TPSA) is 6.48 Å². The van der Waals surface area contributed by atoms with Crippen molar-refractivity contribution < 1.29 is 0 Å². The molecule has 11 unspecified atom stereocenters. The van der Waals surface area contributed by atoms with E-state index >= 15 is 0 Å². The van der Waals surface area contributed by atoms with Crippen LogP contribution in [-0.2, 0) is 0 Å². The van der Waals surface area contributed by atoms with Gasteiger partial charge in [-0.15, -0.1) is 0 Å². The fourth-order valence-corrected chi connectivity index (χ4v) is 15.1. The molecule has 2 saturated carbocycles. The Morgan fingerprint density at radius 3 is 1.98 bits per heavy atom. The Kier molecular flexibility index (Phi) is 9.83. The van der Waals surface area contributed by atoms with Crippen LogP contribution in [0.1, 0.15) is 116 Å². The lowest BCUT2D eigenvalue weighted by Crippen LogP contribution is -2.54. The van der Waals surface area contributed by atoms with Gasteiger partial charge in [0.1, 0.15) is 0 Å². The minimum atomic E-state index is 0.234. The van der Waals surface area contributed by atoms with E-state index < -0.39 is 0 Å². The van der Waals surface area contributed by atoms with Gasteiger partial charge in [-0.05, 0) is 175 Å². The molecule has 11 rings (SSSR count). The largest absolute Gasteiger partial charge is 0.368 e. The maximum atomic E-state index is 3.19. The molecule has 0 radical (unpaired) electrons. The first-order valence-corrected chi connectivity index (χ1v) is 23.8. The van der Waals surface area contributed by atoms with Gasteiger partial charge in [0.05, 0.1) is 0 Å². The molecule has 11 aliphatic carbocycles. The highest BCUT2D eigenvalue weighted by molar-refractivity contribution is 5.53. The summed E-state index contributed by atoms with van der Waals surface area (Å²) in [4.78, 5) is 5.91. The Balaban J connectivity index is 1.05. The lowest BCUT2D eigenvalue weighted by molar-refractivity contribution is 0.00913. The van der Waals surface area contributed by atoms with E-state index in [0.717, 1.165) is 37.5 Å². The van der Waals surface area contributed by atoms with E-state index in [1.54, 1.807) is 11.3 Å². The van der Waals surface area contributed by atoms with Gasteiger partial charge in [-0.25, -0.2) is 0 Å². The highest BCUT2D eigenvalue weighted by Gasteiger charge is 2.69. The molecular weight excluding hydrogens is 689 g/mol. The van der Waals surface area contributed by atoms with Crippen LogP contribution in [0.25, 0.3) is 0 Å². The summed E-state index contributed by atoms with van der Waals surface area (Å²) in [6, 6.07) is 1.21. The molecule has 2 nitrogen and oxygen atoms in total. The number of hydrogen-bond acceptors (Lipinski definition) is 2. The van der Waals surface area contributed by atoms with Crippen LogP contribution in [0.3, 0.4) is 0 Å². The third-order valence-electron chi connectivity index (χ3n) is 17.0. The number of nitrogens with zero attached hydrogens (tertiary/aromatic N) is 2. The summed E-state index contributed by atoms with van der Waals surface area (Å²) >= 11 is 0. The summed E-state index contributed by atoms with van der Waals surface area (Å²) in [6.07, 6.45) is 73.4. The molecule has 2 heteroatoms. The lowest BCUT2D eigenvalue weighted by atomic mass is 9.55. The molecule has 57 heavy (non-hydrogen) atoms. The maximum absolute atomic E-state index is 3.19. The summed E-state index contributed by atoms with van der Waals surface area (Å²) in [6.45, 7) is 0. The first kappa shape index (κ1) is 36.3. The average Bonchev–Trinajstić information content (AvgIpc) is 3.76. The van der Waals surface area contributed by atoms with E-state index in [1.165, 1.54) is 107 Å². The average molecular weight is 755 g/mol. The van der Waals surface area contributed by atoms with Gasteiger partial charge >= 0.3 is 0 Å². The standard InChI is InChI=1S/C55H66N2/c1-5-20-39(21-6-1)44-28-15-18-34-52(44)57(42-26-11-4-12-27-42)53-35-19-33-50-54(53)47-30-14-17-32-49(47)55(50)48-31-16-13-29-45(48)46-37-36-43(38-51(46)55)56(40-22-7-2-8-23-40)41-24-9-3-10-25-41/h2-5,7,9,11,13-15,20,22,24,26,28-30,36-39,44,46-47,49-54H,1,6,8,10,12,16-19,21,23,25,27,31-35H2. The third kappa shape index (κ3) is 5.99. The molecule has 0 bridgehead atoms. The zero-order chi connectivity index (χ0) is 37.8. The minimum Gasteiger partial charge on any atom is -0.368 e. The maximum Gasteiger partial charge on any atom is 0.0415 e. The van der Waals surface area contributed by atoms with Crippen molar-refractivity contribution in [1.82, 2.24) is 9.80 Å². The molecule has 0 N–H and O–H groups in total. The van der Waals surface area contributed by atoms with Gasteiger partial charge in [0.25, 0.3) is 0 Å². The van der Waals surface area contributed by atoms with Crippen LogP contribution in [-0.4, -0.2) is 21.9 Å². The van der Waals surface area contributed by atoms with Crippen LogP contribution in [0, 0.1) is 52.8 Å². The van der Waals surface area contributed by atoms with Crippen molar-refractivity contribution in [2.75, 3.05) is 0 Å². The predicted molar refractivity (Wildman–Crippen MR) is 237 cm³/mol. The second kappa shape index (κ2) is 15.4. The van der Waals surface area contributed by atoms with Crippen LogP contribution in [0.2, 0.25) is 0 Å². The monoisotopic (exact) mass is 755 g/mol. The summed E-state index contributed by atoms with van der Waals surface area (Å²) < 4.78 is 0. The molecule has 0 aliphatic heterocycles. The van der Waals surface area contributed by atoms with Gasteiger partial charge < -0.3 is 9.80 Å². The molecule has 2 fully saturated rings. The normalized spacial score (nSPS) is 39.9. The van der Waals surface area contributed by atoms with Gasteiger partial charge in [0, 0.05) is 52.1 Å². The SMILES string of the molecule is C1=CCCC(N(C2=CC3C(C=C2)C2=C(CCC=C2)C32C3CCC=CC3C3C(N(C4=CC=CCC4)C4CCC=CC4C4C=CCCC4)CCCC32)C2=CC=CCC2)=C1. The van der Waals surface area contributed by atoms with Crippen molar-refractivity contribution >= 4 is 0 Å². The van der Waals surface area contributed by atoms with Crippen molar-refractivity contribution in [2.45, 2.75) is 128 Å². The second-order valence-corrected chi connectivity index (χ2v) is 19.5.